The zero-order valence-electron chi connectivity index (χ0n) is 16.9. The van der Waals surface area contributed by atoms with Crippen LogP contribution in [0, 0.1) is 0 Å². The molecule has 1 saturated carbocycles. The van der Waals surface area contributed by atoms with Gasteiger partial charge in [-0.25, -0.2) is 0 Å². The lowest BCUT2D eigenvalue weighted by atomic mass is 9.79. The summed E-state index contributed by atoms with van der Waals surface area (Å²) < 4.78 is 5.56. The van der Waals surface area contributed by atoms with E-state index in [1.54, 1.807) is 0 Å². The first-order valence-electron chi connectivity index (χ1n) is 10.9. The molecule has 0 aromatic heterocycles. The Morgan fingerprint density at radius 3 is 2.68 bits per heavy atom. The first-order valence-corrected chi connectivity index (χ1v) is 10.9. The van der Waals surface area contributed by atoms with E-state index in [-0.39, 0.29) is 11.4 Å². The van der Waals surface area contributed by atoms with Gasteiger partial charge in [0.05, 0.1) is 19.8 Å². The average Bonchev–Trinajstić information content (AvgIpc) is 2.74. The van der Waals surface area contributed by atoms with Crippen LogP contribution in [0.3, 0.4) is 0 Å². The zero-order chi connectivity index (χ0) is 19.4. The number of nitrogens with two attached hydrogens (primary N) is 1. The summed E-state index contributed by atoms with van der Waals surface area (Å²) in [7, 11) is 0. The van der Waals surface area contributed by atoms with E-state index in [4.69, 9.17) is 10.5 Å². The Morgan fingerprint density at radius 1 is 1.11 bits per heavy atom. The zero-order valence-corrected chi connectivity index (χ0v) is 16.9. The molecule has 154 valence electrons. The summed E-state index contributed by atoms with van der Waals surface area (Å²) in [6, 6.07) is 6.03. The normalized spacial score (nSPS) is 22.5. The first kappa shape index (κ1) is 19.5. The van der Waals surface area contributed by atoms with Gasteiger partial charge in [0.2, 0.25) is 5.91 Å². The Kier molecular flexibility index (Phi) is 6.07. The molecule has 3 N–H and O–H groups in total. The highest BCUT2D eigenvalue weighted by molar-refractivity contribution is 5.82. The number of ether oxygens (including phenoxy) is 1. The average molecular weight is 387 g/mol. The molecule has 1 amide bonds. The number of rotatable bonds is 5. The Balaban J connectivity index is 1.39. The van der Waals surface area contributed by atoms with Crippen LogP contribution in [0.5, 0.6) is 0 Å². The predicted octanol–water partition coefficient (Wildman–Crippen LogP) is 2.17. The molecule has 3 aliphatic rings. The molecule has 0 radical (unpaired) electrons. The summed E-state index contributed by atoms with van der Waals surface area (Å²) in [6.07, 6.45) is 8.23. The number of carbonyl (C=O) groups is 1. The van der Waals surface area contributed by atoms with Gasteiger partial charge in [-0.15, -0.1) is 0 Å². The number of benzene rings is 1. The lowest BCUT2D eigenvalue weighted by Gasteiger charge is -2.48. The van der Waals surface area contributed by atoms with E-state index in [2.05, 4.69) is 21.2 Å². The molecule has 6 nitrogen and oxygen atoms in total. The molecule has 4 rings (SSSR count). The van der Waals surface area contributed by atoms with Crippen molar-refractivity contribution in [2.45, 2.75) is 50.5 Å². The molecular formula is C22H34N4O2. The number of hydrogen-bond donors (Lipinski definition) is 2. The van der Waals surface area contributed by atoms with Crippen molar-refractivity contribution < 1.29 is 9.53 Å². The van der Waals surface area contributed by atoms with Crippen molar-refractivity contribution in [3.05, 3.63) is 23.8 Å². The van der Waals surface area contributed by atoms with E-state index in [0.717, 1.165) is 63.6 Å². The van der Waals surface area contributed by atoms with Crippen LogP contribution in [0.4, 0.5) is 11.4 Å². The standard InChI is InChI=1S/C22H34N4O2/c23-19-7-4-8-20-18(19)6-5-11-25(20)16-21(27)24-17-22(9-2-1-3-10-22)26-12-14-28-15-13-26/h4,7-8H,1-3,5-6,9-17,23H2,(H,24,27). The monoisotopic (exact) mass is 386 g/mol. The van der Waals surface area contributed by atoms with Crippen molar-refractivity contribution in [1.82, 2.24) is 10.2 Å². The number of nitrogen functional groups attached to an aromatic ring is 1. The summed E-state index contributed by atoms with van der Waals surface area (Å²) in [6.45, 7) is 5.66. The summed E-state index contributed by atoms with van der Waals surface area (Å²) in [4.78, 5) is 17.6. The number of nitrogens with one attached hydrogen (secondary N) is 1. The first-order chi connectivity index (χ1) is 13.7. The van der Waals surface area contributed by atoms with Crippen molar-refractivity contribution in [1.29, 1.82) is 0 Å². The van der Waals surface area contributed by atoms with E-state index in [9.17, 15) is 4.79 Å². The van der Waals surface area contributed by atoms with E-state index in [1.165, 1.54) is 37.7 Å². The molecule has 2 aliphatic heterocycles. The molecule has 1 saturated heterocycles. The van der Waals surface area contributed by atoms with Gasteiger partial charge >= 0.3 is 0 Å². The molecule has 1 aromatic carbocycles. The minimum absolute atomic E-state index is 0.113. The maximum Gasteiger partial charge on any atom is 0.239 e. The van der Waals surface area contributed by atoms with Gasteiger partial charge in [-0.1, -0.05) is 25.3 Å². The maximum absolute atomic E-state index is 12.8. The van der Waals surface area contributed by atoms with Gasteiger partial charge < -0.3 is 20.7 Å². The van der Waals surface area contributed by atoms with Gasteiger partial charge in [0, 0.05) is 43.1 Å². The highest BCUT2D eigenvalue weighted by atomic mass is 16.5. The van der Waals surface area contributed by atoms with Gasteiger partial charge in [-0.05, 0) is 43.4 Å². The van der Waals surface area contributed by atoms with Gasteiger partial charge in [0.25, 0.3) is 0 Å². The summed E-state index contributed by atoms with van der Waals surface area (Å²) >= 11 is 0. The van der Waals surface area contributed by atoms with Crippen LogP contribution in [0.2, 0.25) is 0 Å². The van der Waals surface area contributed by atoms with Crippen molar-refractivity contribution in [3.63, 3.8) is 0 Å². The van der Waals surface area contributed by atoms with Crippen LogP contribution in [0.1, 0.15) is 44.1 Å². The minimum Gasteiger partial charge on any atom is -0.398 e. The van der Waals surface area contributed by atoms with Crippen LogP contribution in [-0.4, -0.2) is 62.3 Å². The SMILES string of the molecule is Nc1cccc2c1CCCN2CC(=O)NCC1(N2CCOCC2)CCCCC1. The third-order valence-electron chi connectivity index (χ3n) is 6.80. The molecule has 0 spiro atoms. The van der Waals surface area contributed by atoms with Crippen molar-refractivity contribution in [3.8, 4) is 0 Å². The highest BCUT2D eigenvalue weighted by Gasteiger charge is 2.38. The quantitative estimate of drug-likeness (QED) is 0.759. The second kappa shape index (κ2) is 8.70. The Labute approximate surface area is 168 Å². The lowest BCUT2D eigenvalue weighted by molar-refractivity contribution is -0.121. The topological polar surface area (TPSA) is 70.8 Å². The molecule has 0 unspecified atom stereocenters. The third kappa shape index (κ3) is 4.13. The fourth-order valence-electron chi connectivity index (χ4n) is 5.24. The number of morpholine rings is 1. The number of carbonyl (C=O) groups excluding carboxylic acids is 1. The molecular weight excluding hydrogens is 352 g/mol. The molecule has 2 heterocycles. The van der Waals surface area contributed by atoms with Crippen LogP contribution in [0.15, 0.2) is 18.2 Å². The Bertz CT molecular complexity index is 681. The van der Waals surface area contributed by atoms with E-state index in [1.807, 2.05) is 12.1 Å². The summed E-state index contributed by atoms with van der Waals surface area (Å²) in [5.41, 5.74) is 9.42. The largest absolute Gasteiger partial charge is 0.398 e. The summed E-state index contributed by atoms with van der Waals surface area (Å²) in [5, 5.41) is 3.29. The van der Waals surface area contributed by atoms with Crippen molar-refractivity contribution in [2.75, 3.05) is 56.6 Å². The third-order valence-corrected chi connectivity index (χ3v) is 6.80. The Morgan fingerprint density at radius 2 is 1.89 bits per heavy atom. The molecule has 28 heavy (non-hydrogen) atoms. The number of hydrogen-bond acceptors (Lipinski definition) is 5. The Hall–Kier alpha value is -1.79. The number of fused-ring (bicyclic) bond motifs is 1. The lowest BCUT2D eigenvalue weighted by Crippen LogP contribution is -2.60. The van der Waals surface area contributed by atoms with Crippen LogP contribution in [-0.2, 0) is 16.0 Å². The van der Waals surface area contributed by atoms with Crippen LogP contribution >= 0.6 is 0 Å². The van der Waals surface area contributed by atoms with E-state index >= 15 is 0 Å². The fraction of sp³-hybridized carbons (Fsp3) is 0.682. The molecule has 1 aromatic rings. The van der Waals surface area contributed by atoms with E-state index in [0.29, 0.717) is 6.54 Å². The maximum atomic E-state index is 12.8. The second-order valence-corrected chi connectivity index (χ2v) is 8.53. The molecule has 1 aliphatic carbocycles. The van der Waals surface area contributed by atoms with Gasteiger partial charge in [0.1, 0.15) is 0 Å². The summed E-state index contributed by atoms with van der Waals surface area (Å²) in [5.74, 6) is 0.119. The second-order valence-electron chi connectivity index (χ2n) is 8.53. The molecule has 6 heteroatoms. The van der Waals surface area contributed by atoms with Gasteiger partial charge in [-0.3, -0.25) is 9.69 Å². The predicted molar refractivity (Wildman–Crippen MR) is 113 cm³/mol. The smallest absolute Gasteiger partial charge is 0.239 e. The van der Waals surface area contributed by atoms with Gasteiger partial charge in [0.15, 0.2) is 0 Å². The number of nitrogens with zero attached hydrogens (tertiary/aromatic N) is 2. The van der Waals surface area contributed by atoms with E-state index < -0.39 is 0 Å². The van der Waals surface area contributed by atoms with Crippen molar-refractivity contribution >= 4 is 17.3 Å². The number of amides is 1. The minimum atomic E-state index is 0.113. The van der Waals surface area contributed by atoms with Crippen molar-refractivity contribution in [2.24, 2.45) is 0 Å². The highest BCUT2D eigenvalue weighted by Crippen LogP contribution is 2.34. The molecule has 0 atom stereocenters. The fourth-order valence-corrected chi connectivity index (χ4v) is 5.24. The van der Waals surface area contributed by atoms with Crippen LogP contribution in [0.25, 0.3) is 0 Å². The molecule has 2 fully saturated rings. The molecule has 0 bridgehead atoms. The van der Waals surface area contributed by atoms with Crippen LogP contribution < -0.4 is 16.0 Å². The van der Waals surface area contributed by atoms with Gasteiger partial charge in [-0.2, -0.15) is 0 Å². The number of anilines is 2.